The van der Waals surface area contributed by atoms with E-state index in [1.807, 2.05) is 21.9 Å². The van der Waals surface area contributed by atoms with E-state index < -0.39 is 0 Å². The maximum Gasteiger partial charge on any atom is 0.242 e. The van der Waals surface area contributed by atoms with E-state index in [2.05, 4.69) is 6.92 Å². The van der Waals surface area contributed by atoms with Gasteiger partial charge < -0.3 is 19.0 Å². The van der Waals surface area contributed by atoms with Crippen molar-refractivity contribution in [3.63, 3.8) is 0 Å². The first-order valence-corrected chi connectivity index (χ1v) is 12.8. The Morgan fingerprint density at radius 2 is 1.81 bits per heavy atom. The molecule has 1 aromatic rings. The molecule has 1 atom stereocenters. The van der Waals surface area contributed by atoms with Crippen LogP contribution in [-0.4, -0.2) is 54.0 Å². The zero-order chi connectivity index (χ0) is 22.1. The lowest BCUT2D eigenvalue weighted by Gasteiger charge is -2.56. The van der Waals surface area contributed by atoms with Crippen molar-refractivity contribution in [1.82, 2.24) is 9.80 Å². The molecular weight excluding hydrogens is 404 g/mol. The minimum Gasteiger partial charge on any atom is -0.467 e. The molecule has 1 aliphatic heterocycles. The average molecular weight is 443 g/mol. The highest BCUT2D eigenvalue weighted by Gasteiger charge is 2.55. The van der Waals surface area contributed by atoms with E-state index in [1.165, 1.54) is 19.3 Å². The summed E-state index contributed by atoms with van der Waals surface area (Å²) in [5, 5.41) is 0. The molecule has 2 amide bonds. The molecule has 5 fully saturated rings. The van der Waals surface area contributed by atoms with Crippen LogP contribution in [0.4, 0.5) is 0 Å². The molecule has 0 radical (unpaired) electrons. The topological polar surface area (TPSA) is 63.0 Å². The molecule has 4 aliphatic carbocycles. The summed E-state index contributed by atoms with van der Waals surface area (Å²) in [7, 11) is 0. The van der Waals surface area contributed by atoms with E-state index in [-0.39, 0.29) is 29.9 Å². The molecule has 4 bridgehead atoms. The molecule has 0 N–H and O–H groups in total. The van der Waals surface area contributed by atoms with Gasteiger partial charge in [-0.3, -0.25) is 9.59 Å². The monoisotopic (exact) mass is 442 g/mol. The third-order valence-electron chi connectivity index (χ3n) is 8.33. The first kappa shape index (κ1) is 22.0. The SMILES string of the molecule is CCCN(CC(=O)N(Cc1ccco1)CC1CCCO1)C(=O)C12CC3CC(CC(C3)C1)C2. The van der Waals surface area contributed by atoms with Crippen molar-refractivity contribution < 1.29 is 18.7 Å². The molecular formula is C26H38N2O4. The van der Waals surface area contributed by atoms with Gasteiger partial charge in [0.1, 0.15) is 5.76 Å². The largest absolute Gasteiger partial charge is 0.467 e. The van der Waals surface area contributed by atoms with Gasteiger partial charge in [-0.2, -0.15) is 0 Å². The van der Waals surface area contributed by atoms with Gasteiger partial charge in [0.2, 0.25) is 11.8 Å². The van der Waals surface area contributed by atoms with Gasteiger partial charge >= 0.3 is 0 Å². The van der Waals surface area contributed by atoms with Gasteiger partial charge in [-0.15, -0.1) is 0 Å². The molecule has 6 nitrogen and oxygen atoms in total. The number of carbonyl (C=O) groups is 2. The van der Waals surface area contributed by atoms with Crippen molar-refractivity contribution in [2.24, 2.45) is 23.2 Å². The van der Waals surface area contributed by atoms with Crippen LogP contribution in [0.25, 0.3) is 0 Å². The van der Waals surface area contributed by atoms with Crippen LogP contribution >= 0.6 is 0 Å². The van der Waals surface area contributed by atoms with Gasteiger partial charge in [-0.25, -0.2) is 0 Å². The summed E-state index contributed by atoms with van der Waals surface area (Å²) >= 11 is 0. The Bertz CT molecular complexity index is 763. The average Bonchev–Trinajstić information content (AvgIpc) is 3.46. The Morgan fingerprint density at radius 3 is 2.38 bits per heavy atom. The van der Waals surface area contributed by atoms with Crippen molar-refractivity contribution in [1.29, 1.82) is 0 Å². The summed E-state index contributed by atoms with van der Waals surface area (Å²) in [4.78, 5) is 31.2. The Labute approximate surface area is 191 Å². The molecule has 0 spiro atoms. The standard InChI is InChI=1S/C26H38N2O4/c1-2-7-27(25(30)26-13-19-10-20(14-26)12-21(11-19)15-26)18-24(29)28(16-22-5-3-8-31-22)17-23-6-4-9-32-23/h3,5,8,19-21,23H,2,4,6-7,9-18H2,1H3. The molecule has 0 aromatic carbocycles. The normalized spacial score (nSPS) is 32.9. The fraction of sp³-hybridized carbons (Fsp3) is 0.769. The lowest BCUT2D eigenvalue weighted by atomic mass is 9.49. The molecule has 1 unspecified atom stereocenters. The third-order valence-corrected chi connectivity index (χ3v) is 8.33. The number of furan rings is 1. The van der Waals surface area contributed by atoms with Crippen LogP contribution in [0, 0.1) is 23.2 Å². The first-order chi connectivity index (χ1) is 15.5. The van der Waals surface area contributed by atoms with Gasteiger partial charge in [0.25, 0.3) is 0 Å². The Hall–Kier alpha value is -1.82. The van der Waals surface area contributed by atoms with Crippen LogP contribution in [-0.2, 0) is 20.9 Å². The summed E-state index contributed by atoms with van der Waals surface area (Å²) < 4.78 is 11.3. The zero-order valence-corrected chi connectivity index (χ0v) is 19.5. The second kappa shape index (κ2) is 9.20. The molecule has 176 valence electrons. The van der Waals surface area contributed by atoms with Crippen LogP contribution in [0.2, 0.25) is 0 Å². The number of nitrogens with zero attached hydrogens (tertiary/aromatic N) is 2. The van der Waals surface area contributed by atoms with Crippen molar-refractivity contribution >= 4 is 11.8 Å². The number of rotatable bonds is 9. The highest BCUT2D eigenvalue weighted by atomic mass is 16.5. The molecule has 6 rings (SSSR count). The van der Waals surface area contributed by atoms with Crippen LogP contribution in [0.15, 0.2) is 22.8 Å². The third kappa shape index (κ3) is 4.48. The quantitative estimate of drug-likeness (QED) is 0.574. The van der Waals surface area contributed by atoms with Crippen LogP contribution in [0.5, 0.6) is 0 Å². The number of hydrogen-bond acceptors (Lipinski definition) is 4. The molecule has 32 heavy (non-hydrogen) atoms. The Kier molecular flexibility index (Phi) is 6.33. The fourth-order valence-electron chi connectivity index (χ4n) is 7.37. The van der Waals surface area contributed by atoms with E-state index >= 15 is 0 Å². The summed E-state index contributed by atoms with van der Waals surface area (Å²) in [5.41, 5.74) is -0.204. The summed E-state index contributed by atoms with van der Waals surface area (Å²) in [6.07, 6.45) is 11.7. The zero-order valence-electron chi connectivity index (χ0n) is 19.5. The van der Waals surface area contributed by atoms with Gasteiger partial charge in [-0.1, -0.05) is 6.92 Å². The maximum absolute atomic E-state index is 13.9. The number of amides is 2. The molecule has 4 saturated carbocycles. The van der Waals surface area contributed by atoms with Crippen molar-refractivity contribution in [3.05, 3.63) is 24.2 Å². The van der Waals surface area contributed by atoms with Crippen LogP contribution < -0.4 is 0 Å². The van der Waals surface area contributed by atoms with E-state index in [9.17, 15) is 9.59 Å². The van der Waals surface area contributed by atoms with E-state index in [1.54, 1.807) is 6.26 Å². The maximum atomic E-state index is 13.9. The number of carbonyl (C=O) groups excluding carboxylic acids is 2. The summed E-state index contributed by atoms with van der Waals surface area (Å²) in [6.45, 7) is 4.67. The first-order valence-electron chi connectivity index (χ1n) is 12.8. The number of hydrogen-bond donors (Lipinski definition) is 0. The van der Waals surface area contributed by atoms with Gasteiger partial charge in [0.05, 0.1) is 30.9 Å². The van der Waals surface area contributed by atoms with E-state index in [0.29, 0.717) is 19.6 Å². The van der Waals surface area contributed by atoms with Gasteiger partial charge in [-0.05, 0) is 87.7 Å². The highest BCUT2D eigenvalue weighted by Crippen LogP contribution is 2.60. The molecule has 2 heterocycles. The van der Waals surface area contributed by atoms with E-state index in [0.717, 1.165) is 68.6 Å². The predicted molar refractivity (Wildman–Crippen MR) is 121 cm³/mol. The molecule has 5 aliphatic rings. The fourth-order valence-corrected chi connectivity index (χ4v) is 7.37. The second-order valence-corrected chi connectivity index (χ2v) is 10.9. The molecule has 1 aromatic heterocycles. The van der Waals surface area contributed by atoms with Crippen LogP contribution in [0.1, 0.15) is 70.5 Å². The minimum absolute atomic E-state index is 0.00317. The predicted octanol–water partition coefficient (Wildman–Crippen LogP) is 4.24. The summed E-state index contributed by atoms with van der Waals surface area (Å²) in [6, 6.07) is 3.75. The van der Waals surface area contributed by atoms with Crippen molar-refractivity contribution in [2.45, 2.75) is 77.4 Å². The molecule has 6 heteroatoms. The van der Waals surface area contributed by atoms with Gasteiger partial charge in [0.15, 0.2) is 0 Å². The van der Waals surface area contributed by atoms with Crippen LogP contribution in [0.3, 0.4) is 0 Å². The molecule has 1 saturated heterocycles. The number of ether oxygens (including phenoxy) is 1. The lowest BCUT2D eigenvalue weighted by Crippen LogP contribution is -2.56. The second-order valence-electron chi connectivity index (χ2n) is 10.9. The van der Waals surface area contributed by atoms with E-state index in [4.69, 9.17) is 9.15 Å². The highest BCUT2D eigenvalue weighted by molar-refractivity contribution is 5.88. The van der Waals surface area contributed by atoms with Crippen molar-refractivity contribution in [3.8, 4) is 0 Å². The van der Waals surface area contributed by atoms with Gasteiger partial charge in [0, 0.05) is 19.7 Å². The van der Waals surface area contributed by atoms with Crippen molar-refractivity contribution in [2.75, 3.05) is 26.2 Å². The Morgan fingerprint density at radius 1 is 1.09 bits per heavy atom. The minimum atomic E-state index is -0.204. The Balaban J connectivity index is 1.30. The summed E-state index contributed by atoms with van der Waals surface area (Å²) in [5.74, 6) is 3.19. The smallest absolute Gasteiger partial charge is 0.242 e. The lowest BCUT2D eigenvalue weighted by molar-refractivity contribution is -0.160.